The van der Waals surface area contributed by atoms with Gasteiger partial charge in [-0.2, -0.15) is 0 Å². The zero-order valence-corrected chi connectivity index (χ0v) is 15.7. The summed E-state index contributed by atoms with van der Waals surface area (Å²) in [7, 11) is 0. The second kappa shape index (κ2) is 8.10. The lowest BCUT2D eigenvalue weighted by Gasteiger charge is -2.14. The van der Waals surface area contributed by atoms with Crippen molar-refractivity contribution in [1.82, 2.24) is 4.98 Å². The summed E-state index contributed by atoms with van der Waals surface area (Å²) in [4.78, 5) is 25.8. The smallest absolute Gasteiger partial charge is 0.307 e. The van der Waals surface area contributed by atoms with Crippen LogP contribution in [-0.2, 0) is 13.2 Å². The minimum atomic E-state index is -0.432. The van der Waals surface area contributed by atoms with Gasteiger partial charge in [0, 0.05) is 10.8 Å². The Kier molecular flexibility index (Phi) is 5.21. The molecule has 0 atom stereocenters. The molecule has 6 heteroatoms. The van der Waals surface area contributed by atoms with Crippen LogP contribution in [0.5, 0.6) is 11.5 Å². The zero-order valence-electron chi connectivity index (χ0n) is 14.9. The molecule has 0 spiro atoms. The van der Waals surface area contributed by atoms with Crippen LogP contribution < -0.4 is 19.9 Å². The molecule has 3 aromatic carbocycles. The molecular weight excluding hydrogens is 374 g/mol. The van der Waals surface area contributed by atoms with E-state index in [2.05, 4.69) is 4.98 Å². The van der Waals surface area contributed by atoms with E-state index in [0.717, 1.165) is 22.5 Å². The number of hydrogen-bond acceptors (Lipinski definition) is 5. The number of H-pyrrole nitrogens is 1. The van der Waals surface area contributed by atoms with E-state index in [-0.39, 0.29) is 0 Å². The molecule has 0 aliphatic rings. The van der Waals surface area contributed by atoms with Crippen LogP contribution in [0.1, 0.15) is 11.1 Å². The molecule has 0 radical (unpaired) electrons. The Hall–Kier alpha value is -3.38. The van der Waals surface area contributed by atoms with Crippen LogP contribution in [0.25, 0.3) is 10.1 Å². The van der Waals surface area contributed by atoms with E-state index in [4.69, 9.17) is 9.47 Å². The predicted octanol–water partition coefficient (Wildman–Crippen LogP) is 4.11. The normalized spacial score (nSPS) is 10.7. The lowest BCUT2D eigenvalue weighted by molar-refractivity contribution is 0.256. The number of nitrogens with one attached hydrogen (secondary N) is 1. The monoisotopic (exact) mass is 391 g/mol. The average molecular weight is 391 g/mol. The molecule has 140 valence electrons. The second-order valence-corrected chi connectivity index (χ2v) is 7.20. The van der Waals surface area contributed by atoms with Crippen LogP contribution in [-0.4, -0.2) is 4.98 Å². The zero-order chi connectivity index (χ0) is 19.3. The quantitative estimate of drug-likeness (QED) is 0.537. The Morgan fingerprint density at radius 1 is 0.750 bits per heavy atom. The summed E-state index contributed by atoms with van der Waals surface area (Å²) in [5, 5.41) is 0.403. The van der Waals surface area contributed by atoms with Crippen LogP contribution >= 0.6 is 11.3 Å². The van der Waals surface area contributed by atoms with Crippen molar-refractivity contribution >= 4 is 21.4 Å². The summed E-state index contributed by atoms with van der Waals surface area (Å²) in [6.07, 6.45) is 0. The second-order valence-electron chi connectivity index (χ2n) is 6.19. The molecule has 28 heavy (non-hydrogen) atoms. The molecule has 4 aromatic rings. The predicted molar refractivity (Wildman–Crippen MR) is 110 cm³/mol. The number of hydrogen-bond donors (Lipinski definition) is 1. The van der Waals surface area contributed by atoms with E-state index in [9.17, 15) is 9.59 Å². The van der Waals surface area contributed by atoms with Crippen molar-refractivity contribution in [1.29, 1.82) is 0 Å². The molecule has 0 fully saturated rings. The Morgan fingerprint density at radius 2 is 1.29 bits per heavy atom. The van der Waals surface area contributed by atoms with Gasteiger partial charge < -0.3 is 9.47 Å². The topological polar surface area (TPSA) is 68.4 Å². The van der Waals surface area contributed by atoms with Gasteiger partial charge in [-0.3, -0.25) is 14.6 Å². The van der Waals surface area contributed by atoms with Gasteiger partial charge in [0.2, 0.25) is 0 Å². The highest BCUT2D eigenvalue weighted by Gasteiger charge is 2.12. The van der Waals surface area contributed by atoms with Gasteiger partial charge in [-0.25, -0.2) is 0 Å². The van der Waals surface area contributed by atoms with Crippen LogP contribution in [0, 0.1) is 0 Å². The molecule has 0 unspecified atom stereocenters. The fraction of sp³-hybridized carbons (Fsp3) is 0.0909. The first kappa shape index (κ1) is 18.0. The number of ether oxygens (including phenoxy) is 2. The van der Waals surface area contributed by atoms with Crippen molar-refractivity contribution in [2.45, 2.75) is 13.2 Å². The maximum atomic E-state index is 12.2. The fourth-order valence-electron chi connectivity index (χ4n) is 2.78. The highest BCUT2D eigenvalue weighted by molar-refractivity contribution is 7.16. The third-order valence-corrected chi connectivity index (χ3v) is 5.03. The number of aromatic amines is 1. The Balaban J connectivity index is 1.69. The molecule has 1 N–H and O–H groups in total. The summed E-state index contributed by atoms with van der Waals surface area (Å²) >= 11 is 0.968. The molecule has 1 heterocycles. The number of rotatable bonds is 6. The standard InChI is InChI=1S/C22H17NO4S/c24-21-17-11-18(26-13-15-7-3-1-4-8-15)19(12-20(17)28-22(25)23-21)27-14-16-9-5-2-6-10-16/h1-12H,13-14H2,(H,23,24,25). The fourth-order valence-corrected chi connectivity index (χ4v) is 3.56. The van der Waals surface area contributed by atoms with Gasteiger partial charge in [0.05, 0.1) is 5.39 Å². The van der Waals surface area contributed by atoms with Crippen molar-refractivity contribution in [3.63, 3.8) is 0 Å². The largest absolute Gasteiger partial charge is 0.485 e. The average Bonchev–Trinajstić information content (AvgIpc) is 2.72. The summed E-state index contributed by atoms with van der Waals surface area (Å²) < 4.78 is 12.5. The van der Waals surface area contributed by atoms with Crippen LogP contribution in [0.4, 0.5) is 0 Å². The molecule has 0 saturated heterocycles. The van der Waals surface area contributed by atoms with Crippen molar-refractivity contribution < 1.29 is 9.47 Å². The summed E-state index contributed by atoms with van der Waals surface area (Å²) in [6.45, 7) is 0.696. The maximum Gasteiger partial charge on any atom is 0.307 e. The third kappa shape index (κ3) is 4.13. The molecule has 0 saturated carbocycles. The third-order valence-electron chi connectivity index (χ3n) is 4.18. The molecule has 0 aliphatic heterocycles. The Morgan fingerprint density at radius 3 is 1.86 bits per heavy atom. The van der Waals surface area contributed by atoms with Crippen LogP contribution in [0.15, 0.2) is 82.4 Å². The molecule has 0 bridgehead atoms. The van der Waals surface area contributed by atoms with Crippen molar-refractivity contribution in [3.05, 3.63) is 104 Å². The lowest BCUT2D eigenvalue weighted by atomic mass is 10.2. The molecular formula is C22H17NO4S. The Bertz CT molecular complexity index is 1200. The first-order valence-electron chi connectivity index (χ1n) is 8.74. The van der Waals surface area contributed by atoms with Crippen molar-refractivity contribution in [2.75, 3.05) is 0 Å². The van der Waals surface area contributed by atoms with Gasteiger partial charge in [0.1, 0.15) is 13.2 Å². The molecule has 0 amide bonds. The molecule has 0 aliphatic carbocycles. The molecule has 5 nitrogen and oxygen atoms in total. The van der Waals surface area contributed by atoms with Gasteiger partial charge in [-0.15, -0.1) is 0 Å². The molecule has 4 rings (SSSR count). The van der Waals surface area contributed by atoms with Crippen LogP contribution in [0.2, 0.25) is 0 Å². The summed E-state index contributed by atoms with van der Waals surface area (Å²) in [5.41, 5.74) is 1.58. The van der Waals surface area contributed by atoms with E-state index < -0.39 is 10.4 Å². The highest BCUT2D eigenvalue weighted by atomic mass is 32.1. The SMILES string of the molecule is O=c1[nH]c(=O)c2cc(OCc3ccccc3)c(OCc3ccccc3)cc2s1. The molecule has 1 aromatic heterocycles. The lowest BCUT2D eigenvalue weighted by Crippen LogP contribution is -2.16. The van der Waals surface area contributed by atoms with Gasteiger partial charge in [-0.1, -0.05) is 72.0 Å². The van der Waals surface area contributed by atoms with Crippen molar-refractivity contribution in [2.24, 2.45) is 0 Å². The van der Waals surface area contributed by atoms with Gasteiger partial charge >= 0.3 is 4.87 Å². The van der Waals surface area contributed by atoms with Gasteiger partial charge in [0.25, 0.3) is 5.56 Å². The number of fused-ring (bicyclic) bond motifs is 1. The first-order valence-corrected chi connectivity index (χ1v) is 9.55. The maximum absolute atomic E-state index is 12.2. The van der Waals surface area contributed by atoms with E-state index in [1.54, 1.807) is 12.1 Å². The Labute approximate surface area is 164 Å². The number of benzene rings is 3. The van der Waals surface area contributed by atoms with E-state index >= 15 is 0 Å². The first-order chi connectivity index (χ1) is 13.7. The summed E-state index contributed by atoms with van der Waals surface area (Å²) in [6, 6.07) is 22.8. The van der Waals surface area contributed by atoms with Crippen LogP contribution in [0.3, 0.4) is 0 Å². The number of aromatic nitrogens is 1. The van der Waals surface area contributed by atoms with E-state index in [1.807, 2.05) is 60.7 Å². The van der Waals surface area contributed by atoms with Crippen molar-refractivity contribution in [3.8, 4) is 11.5 Å². The van der Waals surface area contributed by atoms with E-state index in [1.165, 1.54) is 0 Å². The minimum Gasteiger partial charge on any atom is -0.485 e. The van der Waals surface area contributed by atoms with Gasteiger partial charge in [-0.05, 0) is 17.2 Å². The summed E-state index contributed by atoms with van der Waals surface area (Å²) in [5.74, 6) is 0.956. The van der Waals surface area contributed by atoms with E-state index in [0.29, 0.717) is 34.8 Å². The minimum absolute atomic E-state index is 0.342. The highest BCUT2D eigenvalue weighted by Crippen LogP contribution is 2.33. The van der Waals surface area contributed by atoms with Gasteiger partial charge in [0.15, 0.2) is 11.5 Å².